The Bertz CT molecular complexity index is 296. The minimum absolute atomic E-state index is 0.0962. The topological polar surface area (TPSA) is 57.6 Å². The summed E-state index contributed by atoms with van der Waals surface area (Å²) in [6.45, 7) is 0. The largest absolute Gasteiger partial charge is 0.480 e. The van der Waals surface area contributed by atoms with Crippen molar-refractivity contribution in [2.75, 3.05) is 5.75 Å². The fourth-order valence-electron chi connectivity index (χ4n) is 1.44. The van der Waals surface area contributed by atoms with Crippen molar-refractivity contribution in [2.45, 2.75) is 14.6 Å². The Hall–Kier alpha value is 0.250. The SMILES string of the molecule is O=C(O)C1CS[C@H]2N1C(=O)C2(Br)Br. The maximum atomic E-state index is 11.4. The minimum Gasteiger partial charge on any atom is -0.480 e. The van der Waals surface area contributed by atoms with E-state index in [1.165, 1.54) is 16.7 Å². The molecule has 13 heavy (non-hydrogen) atoms. The number of carbonyl (C=O) groups excluding carboxylic acids is 1. The number of aliphatic carboxylic acids is 1. The van der Waals surface area contributed by atoms with Crippen molar-refractivity contribution in [3.63, 3.8) is 0 Å². The van der Waals surface area contributed by atoms with Crippen LogP contribution in [-0.2, 0) is 9.59 Å². The van der Waals surface area contributed by atoms with E-state index in [1.54, 1.807) is 0 Å². The van der Waals surface area contributed by atoms with E-state index in [2.05, 4.69) is 31.9 Å². The van der Waals surface area contributed by atoms with Crippen molar-refractivity contribution in [2.24, 2.45) is 0 Å². The molecule has 0 aromatic heterocycles. The fourth-order valence-corrected chi connectivity index (χ4v) is 4.46. The van der Waals surface area contributed by atoms with Crippen LogP contribution in [0.2, 0.25) is 0 Å². The van der Waals surface area contributed by atoms with Gasteiger partial charge in [-0.1, -0.05) is 31.9 Å². The number of amides is 1. The molecule has 2 saturated heterocycles. The van der Waals surface area contributed by atoms with Gasteiger partial charge in [0, 0.05) is 5.75 Å². The second-order valence-corrected chi connectivity index (χ2v) is 7.55. The molecule has 2 aliphatic rings. The predicted molar refractivity (Wildman–Crippen MR) is 55.1 cm³/mol. The zero-order valence-electron chi connectivity index (χ0n) is 6.24. The summed E-state index contributed by atoms with van der Waals surface area (Å²) >= 11 is 7.92. The number of carboxylic acid groups (broad SMARTS) is 1. The fraction of sp³-hybridized carbons (Fsp3) is 0.667. The number of nitrogens with zero attached hydrogens (tertiary/aromatic N) is 1. The number of halogens is 2. The number of alkyl halides is 2. The first kappa shape index (κ1) is 9.79. The summed E-state index contributed by atoms with van der Waals surface area (Å²) in [5, 5.41) is 8.69. The van der Waals surface area contributed by atoms with Gasteiger partial charge in [0.1, 0.15) is 11.4 Å². The monoisotopic (exact) mass is 329 g/mol. The van der Waals surface area contributed by atoms with Gasteiger partial charge in [0.15, 0.2) is 3.23 Å². The summed E-state index contributed by atoms with van der Waals surface area (Å²) in [5.41, 5.74) is 0. The zero-order valence-corrected chi connectivity index (χ0v) is 10.2. The van der Waals surface area contributed by atoms with E-state index in [-0.39, 0.29) is 11.3 Å². The number of fused-ring (bicyclic) bond motifs is 1. The summed E-state index contributed by atoms with van der Waals surface area (Å²) in [4.78, 5) is 23.5. The standard InChI is InChI=1S/C6H5Br2NO3S/c7-6(8)4(12)9-2(3(10)11)1-13-5(6)9/h2,5H,1H2,(H,10,11)/t2?,5-/m1/s1. The van der Waals surface area contributed by atoms with Crippen LogP contribution in [0.5, 0.6) is 0 Å². The van der Waals surface area contributed by atoms with Crippen LogP contribution in [0.15, 0.2) is 0 Å². The Balaban J connectivity index is 2.22. The molecule has 0 aromatic rings. The second kappa shape index (κ2) is 2.87. The van der Waals surface area contributed by atoms with E-state index in [9.17, 15) is 9.59 Å². The smallest absolute Gasteiger partial charge is 0.327 e. The number of hydrogen-bond donors (Lipinski definition) is 1. The van der Waals surface area contributed by atoms with Gasteiger partial charge in [-0.2, -0.15) is 0 Å². The van der Waals surface area contributed by atoms with Crippen LogP contribution in [0.3, 0.4) is 0 Å². The van der Waals surface area contributed by atoms with Crippen molar-refractivity contribution in [1.82, 2.24) is 4.90 Å². The molecule has 0 spiro atoms. The van der Waals surface area contributed by atoms with E-state index < -0.39 is 15.2 Å². The maximum Gasteiger partial charge on any atom is 0.327 e. The highest BCUT2D eigenvalue weighted by Gasteiger charge is 2.64. The van der Waals surface area contributed by atoms with Crippen molar-refractivity contribution in [3.05, 3.63) is 0 Å². The minimum atomic E-state index is -0.932. The number of carboxylic acids is 1. The average Bonchev–Trinajstić information content (AvgIpc) is 2.45. The third-order valence-electron chi connectivity index (χ3n) is 2.12. The lowest BCUT2D eigenvalue weighted by molar-refractivity contribution is -0.155. The van der Waals surface area contributed by atoms with Gasteiger partial charge in [-0.3, -0.25) is 4.79 Å². The van der Waals surface area contributed by atoms with Gasteiger partial charge in [0.05, 0.1) is 0 Å². The van der Waals surface area contributed by atoms with E-state index >= 15 is 0 Å². The van der Waals surface area contributed by atoms with Gasteiger partial charge in [-0.15, -0.1) is 11.8 Å². The Labute approximate surface area is 95.3 Å². The predicted octanol–water partition coefficient (Wildman–Crippen LogP) is 0.841. The first-order chi connectivity index (χ1) is 5.96. The summed E-state index contributed by atoms with van der Waals surface area (Å²) in [6.07, 6.45) is 0. The molecule has 1 unspecified atom stereocenters. The first-order valence-electron chi connectivity index (χ1n) is 3.51. The van der Waals surface area contributed by atoms with Crippen LogP contribution in [0.25, 0.3) is 0 Å². The number of carbonyl (C=O) groups is 2. The molecule has 4 nitrogen and oxygen atoms in total. The maximum absolute atomic E-state index is 11.4. The third-order valence-corrected chi connectivity index (χ3v) is 5.67. The molecule has 1 amide bonds. The quantitative estimate of drug-likeness (QED) is 0.572. The van der Waals surface area contributed by atoms with Gasteiger partial charge < -0.3 is 10.0 Å². The van der Waals surface area contributed by atoms with Crippen LogP contribution in [0, 0.1) is 0 Å². The highest BCUT2D eigenvalue weighted by atomic mass is 79.9. The Morgan fingerprint density at radius 3 is 2.85 bits per heavy atom. The van der Waals surface area contributed by atoms with E-state index in [1.807, 2.05) is 0 Å². The molecule has 2 fully saturated rings. The Morgan fingerprint density at radius 2 is 2.31 bits per heavy atom. The lowest BCUT2D eigenvalue weighted by Crippen LogP contribution is -2.67. The Kier molecular flexibility index (Phi) is 2.16. The molecule has 7 heteroatoms. The van der Waals surface area contributed by atoms with Gasteiger partial charge >= 0.3 is 5.97 Å². The highest BCUT2D eigenvalue weighted by molar-refractivity contribution is 9.26. The van der Waals surface area contributed by atoms with Crippen LogP contribution in [0.4, 0.5) is 0 Å². The molecule has 2 rings (SSSR count). The van der Waals surface area contributed by atoms with Gasteiger partial charge in [0.2, 0.25) is 0 Å². The van der Waals surface area contributed by atoms with Gasteiger partial charge in [0.25, 0.3) is 5.91 Å². The number of thioether (sulfide) groups is 1. The molecule has 72 valence electrons. The molecule has 1 N–H and O–H groups in total. The molecule has 2 atom stereocenters. The van der Waals surface area contributed by atoms with Gasteiger partial charge in [-0.25, -0.2) is 4.79 Å². The molecular formula is C6H5Br2NO3S. The molecule has 2 aliphatic heterocycles. The van der Waals surface area contributed by atoms with Gasteiger partial charge in [-0.05, 0) is 0 Å². The van der Waals surface area contributed by atoms with Crippen LogP contribution in [0.1, 0.15) is 0 Å². The van der Waals surface area contributed by atoms with Crippen LogP contribution >= 0.6 is 43.6 Å². The zero-order chi connectivity index (χ0) is 9.80. The third kappa shape index (κ3) is 1.16. The molecule has 2 heterocycles. The normalized spacial score (nSPS) is 35.5. The molecular weight excluding hydrogens is 326 g/mol. The van der Waals surface area contributed by atoms with Crippen molar-refractivity contribution >= 4 is 55.5 Å². The highest BCUT2D eigenvalue weighted by Crippen LogP contribution is 2.54. The average molecular weight is 331 g/mol. The number of rotatable bonds is 1. The van der Waals surface area contributed by atoms with Crippen molar-refractivity contribution in [3.8, 4) is 0 Å². The van der Waals surface area contributed by atoms with E-state index in [0.29, 0.717) is 5.75 Å². The number of β-lactam (4-membered cyclic amide) rings is 1. The second-order valence-electron chi connectivity index (χ2n) is 2.88. The van der Waals surface area contributed by atoms with Crippen LogP contribution in [-0.4, -0.2) is 42.3 Å². The first-order valence-corrected chi connectivity index (χ1v) is 6.14. The van der Waals surface area contributed by atoms with Crippen LogP contribution < -0.4 is 0 Å². The molecule has 0 saturated carbocycles. The number of hydrogen-bond acceptors (Lipinski definition) is 3. The lowest BCUT2D eigenvalue weighted by atomic mass is 10.1. The lowest BCUT2D eigenvalue weighted by Gasteiger charge is -2.46. The summed E-state index contributed by atoms with van der Waals surface area (Å²) in [7, 11) is 0. The molecule has 0 aliphatic carbocycles. The van der Waals surface area contributed by atoms with E-state index in [0.717, 1.165) is 0 Å². The Morgan fingerprint density at radius 1 is 1.69 bits per heavy atom. The summed E-state index contributed by atoms with van der Waals surface area (Å²) in [6, 6.07) is -0.661. The van der Waals surface area contributed by atoms with Crippen molar-refractivity contribution < 1.29 is 14.7 Å². The molecule has 0 aromatic carbocycles. The van der Waals surface area contributed by atoms with Crippen molar-refractivity contribution in [1.29, 1.82) is 0 Å². The van der Waals surface area contributed by atoms with E-state index in [4.69, 9.17) is 5.11 Å². The summed E-state index contributed by atoms with van der Waals surface area (Å²) < 4.78 is -0.741. The molecule has 0 bridgehead atoms. The summed E-state index contributed by atoms with van der Waals surface area (Å²) in [5.74, 6) is -0.668. The molecule has 0 radical (unpaired) electrons.